The Labute approximate surface area is 228 Å². The molecule has 3 fully saturated rings. The SMILES string of the molecule is CCCC(=O)O[C@@H]1CC/C(C)=C\[C@@H]2OC(=O)[C@]3(C)O[C@]23[C@H](OC(C)=O)[C@H]2[C@](C)(O)[C@H](O)C[C@H](OC(C)=O)[C@]12C. The molecule has 39 heavy (non-hydrogen) atoms. The van der Waals surface area contributed by atoms with E-state index in [1.807, 2.05) is 13.8 Å². The van der Waals surface area contributed by atoms with Gasteiger partial charge in [0.1, 0.15) is 18.3 Å². The summed E-state index contributed by atoms with van der Waals surface area (Å²) in [6.45, 7) is 10.7. The standard InChI is InChI=1S/C28H40O11/c1-8-9-21(32)37-18-11-10-14(2)12-20-28(27(7,39-28)24(33)38-20)23(36-16(4)30)22-25(18,5)19(35-15(3)29)13-17(31)26(22,6)34/h12,17-20,22-23,31,34H,8-11,13H2,1-7H3/b14-12-/t17-,18-,19+,20+,22-,23-,25+,26-,27+,28+/m1/s1. The van der Waals surface area contributed by atoms with Gasteiger partial charge in [0, 0.05) is 32.6 Å². The van der Waals surface area contributed by atoms with Crippen LogP contribution in [0.25, 0.3) is 0 Å². The largest absolute Gasteiger partial charge is 0.462 e. The molecule has 10 atom stereocenters. The molecule has 0 bridgehead atoms. The Morgan fingerprint density at radius 3 is 2.28 bits per heavy atom. The fraction of sp³-hybridized carbons (Fsp3) is 0.786. The van der Waals surface area contributed by atoms with Crippen molar-refractivity contribution in [2.75, 3.05) is 0 Å². The summed E-state index contributed by atoms with van der Waals surface area (Å²) in [7, 11) is 0. The first-order chi connectivity index (χ1) is 18.0. The number of epoxide rings is 1. The molecule has 2 aliphatic heterocycles. The molecule has 2 heterocycles. The van der Waals surface area contributed by atoms with E-state index in [2.05, 4.69) is 0 Å². The van der Waals surface area contributed by atoms with E-state index in [1.165, 1.54) is 27.7 Å². The molecule has 2 aliphatic carbocycles. The quantitative estimate of drug-likeness (QED) is 0.222. The van der Waals surface area contributed by atoms with E-state index in [0.717, 1.165) is 5.57 Å². The van der Waals surface area contributed by atoms with Crippen molar-refractivity contribution in [2.45, 2.75) is 128 Å². The Morgan fingerprint density at radius 2 is 1.72 bits per heavy atom. The van der Waals surface area contributed by atoms with Gasteiger partial charge >= 0.3 is 23.9 Å². The van der Waals surface area contributed by atoms with Gasteiger partial charge in [0.2, 0.25) is 0 Å². The number of ether oxygens (including phenoxy) is 5. The van der Waals surface area contributed by atoms with Crippen molar-refractivity contribution in [3.63, 3.8) is 0 Å². The molecule has 1 saturated carbocycles. The summed E-state index contributed by atoms with van der Waals surface area (Å²) in [5.74, 6) is -3.70. The summed E-state index contributed by atoms with van der Waals surface area (Å²) >= 11 is 0. The van der Waals surface area contributed by atoms with Gasteiger partial charge in [-0.25, -0.2) is 4.79 Å². The minimum Gasteiger partial charge on any atom is -0.462 e. The van der Waals surface area contributed by atoms with Crippen molar-refractivity contribution in [2.24, 2.45) is 11.3 Å². The van der Waals surface area contributed by atoms with Crippen LogP contribution in [0, 0.1) is 11.3 Å². The average molecular weight is 553 g/mol. The Morgan fingerprint density at radius 1 is 1.08 bits per heavy atom. The second-order valence-corrected chi connectivity index (χ2v) is 12.0. The van der Waals surface area contributed by atoms with E-state index in [-0.39, 0.29) is 19.3 Å². The van der Waals surface area contributed by atoms with Gasteiger partial charge < -0.3 is 33.9 Å². The summed E-state index contributed by atoms with van der Waals surface area (Å²) in [5, 5.41) is 23.2. The van der Waals surface area contributed by atoms with Crippen LogP contribution in [-0.4, -0.2) is 81.4 Å². The monoisotopic (exact) mass is 552 g/mol. The van der Waals surface area contributed by atoms with Gasteiger partial charge in [0.15, 0.2) is 17.3 Å². The second kappa shape index (κ2) is 9.85. The molecule has 4 aliphatic rings. The molecule has 0 aromatic carbocycles. The third-order valence-electron chi connectivity index (χ3n) is 9.21. The zero-order valence-corrected chi connectivity index (χ0v) is 23.6. The number of rotatable bonds is 5. The van der Waals surface area contributed by atoms with Gasteiger partial charge in [-0.05, 0) is 46.1 Å². The zero-order valence-electron chi connectivity index (χ0n) is 23.6. The molecular weight excluding hydrogens is 512 g/mol. The minimum atomic E-state index is -1.96. The van der Waals surface area contributed by atoms with E-state index >= 15 is 0 Å². The molecule has 1 spiro atoms. The lowest BCUT2D eigenvalue weighted by atomic mass is 9.51. The lowest BCUT2D eigenvalue weighted by Crippen LogP contribution is -2.72. The van der Waals surface area contributed by atoms with Crippen LogP contribution >= 0.6 is 0 Å². The first kappa shape index (κ1) is 29.5. The maximum absolute atomic E-state index is 13.0. The molecule has 0 unspecified atom stereocenters. The van der Waals surface area contributed by atoms with Crippen LogP contribution < -0.4 is 0 Å². The topological polar surface area (TPSA) is 158 Å². The van der Waals surface area contributed by atoms with Crippen molar-refractivity contribution in [3.8, 4) is 0 Å². The summed E-state index contributed by atoms with van der Waals surface area (Å²) in [6, 6.07) is 0. The number of carbonyl (C=O) groups excluding carboxylic acids is 4. The maximum atomic E-state index is 13.0. The predicted octanol–water partition coefficient (Wildman–Crippen LogP) is 1.89. The molecule has 11 nitrogen and oxygen atoms in total. The van der Waals surface area contributed by atoms with E-state index in [9.17, 15) is 29.4 Å². The number of aliphatic hydroxyl groups excluding tert-OH is 1. The number of esters is 4. The van der Waals surface area contributed by atoms with Crippen LogP contribution in [0.15, 0.2) is 11.6 Å². The molecule has 0 radical (unpaired) electrons. The fourth-order valence-electron chi connectivity index (χ4n) is 7.16. The van der Waals surface area contributed by atoms with E-state index in [4.69, 9.17) is 23.7 Å². The Kier molecular flexibility index (Phi) is 7.45. The summed E-state index contributed by atoms with van der Waals surface area (Å²) in [4.78, 5) is 50.8. The highest BCUT2D eigenvalue weighted by molar-refractivity contribution is 5.89. The van der Waals surface area contributed by atoms with Crippen LogP contribution in [0.4, 0.5) is 0 Å². The lowest BCUT2D eigenvalue weighted by molar-refractivity contribution is -0.274. The molecule has 2 N–H and O–H groups in total. The highest BCUT2D eigenvalue weighted by Crippen LogP contribution is 2.66. The van der Waals surface area contributed by atoms with Crippen molar-refractivity contribution >= 4 is 23.9 Å². The lowest BCUT2D eigenvalue weighted by Gasteiger charge is -2.59. The predicted molar refractivity (Wildman–Crippen MR) is 134 cm³/mol. The van der Waals surface area contributed by atoms with Gasteiger partial charge in [0.25, 0.3) is 0 Å². The highest BCUT2D eigenvalue weighted by Gasteiger charge is 2.88. The smallest absolute Gasteiger partial charge is 0.342 e. The Bertz CT molecular complexity index is 1080. The third-order valence-corrected chi connectivity index (χ3v) is 9.21. The number of hydrogen-bond acceptors (Lipinski definition) is 11. The number of fused-ring (bicyclic) bond motifs is 1. The second-order valence-electron chi connectivity index (χ2n) is 12.0. The molecule has 11 heteroatoms. The summed E-state index contributed by atoms with van der Waals surface area (Å²) in [5.41, 5.74) is -5.58. The van der Waals surface area contributed by atoms with Crippen LogP contribution in [0.3, 0.4) is 0 Å². The molecule has 2 saturated heterocycles. The van der Waals surface area contributed by atoms with Crippen molar-refractivity contribution < 1.29 is 53.1 Å². The van der Waals surface area contributed by atoms with Gasteiger partial charge in [-0.3, -0.25) is 14.4 Å². The third kappa shape index (κ3) is 4.46. The van der Waals surface area contributed by atoms with Gasteiger partial charge in [-0.15, -0.1) is 0 Å². The minimum absolute atomic E-state index is 0.145. The van der Waals surface area contributed by atoms with Gasteiger partial charge in [-0.2, -0.15) is 0 Å². The Hall–Kier alpha value is -2.50. The Balaban J connectivity index is 2.01. The zero-order chi connectivity index (χ0) is 29.1. The summed E-state index contributed by atoms with van der Waals surface area (Å²) in [6.07, 6.45) is -2.77. The number of carbonyl (C=O) groups is 4. The number of hydrogen-bond donors (Lipinski definition) is 2. The molecule has 0 amide bonds. The molecule has 0 aromatic rings. The summed E-state index contributed by atoms with van der Waals surface area (Å²) < 4.78 is 29.6. The highest BCUT2D eigenvalue weighted by atomic mass is 16.7. The number of aliphatic hydroxyl groups is 2. The fourth-order valence-corrected chi connectivity index (χ4v) is 7.16. The van der Waals surface area contributed by atoms with Crippen LogP contribution in [0.1, 0.15) is 80.6 Å². The average Bonchev–Trinajstić information content (AvgIpc) is 3.40. The number of allylic oxidation sites excluding steroid dienone is 1. The van der Waals surface area contributed by atoms with Gasteiger partial charge in [0.05, 0.1) is 17.1 Å². The molecule has 4 rings (SSSR count). The van der Waals surface area contributed by atoms with E-state index in [0.29, 0.717) is 12.8 Å². The van der Waals surface area contributed by atoms with E-state index in [1.54, 1.807) is 13.0 Å². The van der Waals surface area contributed by atoms with Gasteiger partial charge in [-0.1, -0.05) is 19.4 Å². The van der Waals surface area contributed by atoms with E-state index < -0.39 is 82.5 Å². The first-order valence-corrected chi connectivity index (χ1v) is 13.6. The van der Waals surface area contributed by atoms with Crippen LogP contribution in [-0.2, 0) is 42.9 Å². The molecule has 218 valence electrons. The van der Waals surface area contributed by atoms with Crippen molar-refractivity contribution in [3.05, 3.63) is 11.6 Å². The van der Waals surface area contributed by atoms with Crippen LogP contribution in [0.2, 0.25) is 0 Å². The normalized spacial score (nSPS) is 46.3. The van der Waals surface area contributed by atoms with Crippen LogP contribution in [0.5, 0.6) is 0 Å². The van der Waals surface area contributed by atoms with Crippen molar-refractivity contribution in [1.82, 2.24) is 0 Å². The first-order valence-electron chi connectivity index (χ1n) is 13.6. The maximum Gasteiger partial charge on any atom is 0.342 e. The molecule has 0 aromatic heterocycles. The van der Waals surface area contributed by atoms with Crippen molar-refractivity contribution in [1.29, 1.82) is 0 Å². The molecular formula is C28H40O11.